The normalized spacial score (nSPS) is 12.1. The monoisotopic (exact) mass is 300 g/mol. The molecule has 0 amide bonds. The first-order valence-electron chi connectivity index (χ1n) is 7.00. The molecule has 0 saturated carbocycles. The van der Waals surface area contributed by atoms with E-state index in [2.05, 4.69) is 0 Å². The molecule has 0 aliphatic heterocycles. The molecule has 116 valence electrons. The first kappa shape index (κ1) is 16.0. The van der Waals surface area contributed by atoms with Crippen LogP contribution in [0.1, 0.15) is 22.8 Å². The van der Waals surface area contributed by atoms with Crippen LogP contribution in [0.2, 0.25) is 0 Å². The van der Waals surface area contributed by atoms with Gasteiger partial charge >= 0.3 is 0 Å². The molecular formula is C17H20N2O3. The predicted molar refractivity (Wildman–Crippen MR) is 87.5 cm³/mol. The molecule has 0 heterocycles. The van der Waals surface area contributed by atoms with Gasteiger partial charge in [0.15, 0.2) is 5.78 Å². The molecule has 0 aliphatic carbocycles. The molecule has 2 rings (SSSR count). The standard InChI is InChI=1S/C17H20N2O3/c1-10(21)11-2-4-12(5-3-11)15-6-13(18)7-17(19)16(15)8-14(22)9-20/h2-7,14,20,22H,8-9,18-19H2,1H3. The van der Waals surface area contributed by atoms with Gasteiger partial charge < -0.3 is 21.7 Å². The van der Waals surface area contributed by atoms with Gasteiger partial charge in [0.1, 0.15) is 0 Å². The Morgan fingerprint density at radius 1 is 1.18 bits per heavy atom. The molecule has 5 heteroatoms. The van der Waals surface area contributed by atoms with Crippen molar-refractivity contribution in [2.24, 2.45) is 0 Å². The van der Waals surface area contributed by atoms with Gasteiger partial charge in [-0.1, -0.05) is 24.3 Å². The molecule has 0 radical (unpaired) electrons. The highest BCUT2D eigenvalue weighted by Gasteiger charge is 2.14. The molecule has 1 atom stereocenters. The van der Waals surface area contributed by atoms with E-state index in [1.165, 1.54) is 6.92 Å². The zero-order valence-electron chi connectivity index (χ0n) is 12.4. The first-order valence-corrected chi connectivity index (χ1v) is 7.00. The van der Waals surface area contributed by atoms with Gasteiger partial charge in [0, 0.05) is 23.4 Å². The zero-order chi connectivity index (χ0) is 16.3. The Bertz CT molecular complexity index is 681. The molecule has 2 aromatic carbocycles. The van der Waals surface area contributed by atoms with Crippen molar-refractivity contribution in [1.29, 1.82) is 0 Å². The van der Waals surface area contributed by atoms with E-state index in [9.17, 15) is 9.90 Å². The molecule has 6 N–H and O–H groups in total. The van der Waals surface area contributed by atoms with E-state index in [0.717, 1.165) is 16.7 Å². The van der Waals surface area contributed by atoms with E-state index >= 15 is 0 Å². The van der Waals surface area contributed by atoms with Gasteiger partial charge in [-0.3, -0.25) is 4.79 Å². The number of carbonyl (C=O) groups is 1. The third-order valence-corrected chi connectivity index (χ3v) is 3.56. The van der Waals surface area contributed by atoms with Gasteiger partial charge in [0.25, 0.3) is 0 Å². The van der Waals surface area contributed by atoms with Gasteiger partial charge in [0.2, 0.25) is 0 Å². The predicted octanol–water partition coefficient (Wildman–Crippen LogP) is 1.62. The smallest absolute Gasteiger partial charge is 0.159 e. The number of nitrogen functional groups attached to an aromatic ring is 2. The molecular weight excluding hydrogens is 280 g/mol. The minimum atomic E-state index is -0.888. The third-order valence-electron chi connectivity index (χ3n) is 3.56. The van der Waals surface area contributed by atoms with Crippen molar-refractivity contribution < 1.29 is 15.0 Å². The maximum Gasteiger partial charge on any atom is 0.159 e. The number of anilines is 2. The van der Waals surface area contributed by atoms with Crippen molar-refractivity contribution in [2.75, 3.05) is 18.1 Å². The Hall–Kier alpha value is -2.37. The van der Waals surface area contributed by atoms with E-state index in [1.807, 2.05) is 12.1 Å². The Kier molecular flexibility index (Phi) is 4.80. The van der Waals surface area contributed by atoms with E-state index in [0.29, 0.717) is 16.9 Å². The highest BCUT2D eigenvalue weighted by molar-refractivity contribution is 5.94. The van der Waals surface area contributed by atoms with E-state index in [4.69, 9.17) is 16.6 Å². The number of benzene rings is 2. The molecule has 0 aromatic heterocycles. The van der Waals surface area contributed by atoms with Gasteiger partial charge in [-0.05, 0) is 35.7 Å². The second-order valence-corrected chi connectivity index (χ2v) is 5.31. The molecule has 0 aliphatic rings. The molecule has 0 spiro atoms. The van der Waals surface area contributed by atoms with Crippen LogP contribution in [0.4, 0.5) is 11.4 Å². The number of carbonyl (C=O) groups excluding carboxylic acids is 1. The SMILES string of the molecule is CC(=O)c1ccc(-c2cc(N)cc(N)c2CC(O)CO)cc1. The summed E-state index contributed by atoms with van der Waals surface area (Å²) >= 11 is 0. The lowest BCUT2D eigenvalue weighted by Crippen LogP contribution is -2.17. The summed E-state index contributed by atoms with van der Waals surface area (Å²) in [4.78, 5) is 11.4. The van der Waals surface area contributed by atoms with Gasteiger partial charge in [-0.2, -0.15) is 0 Å². The maximum absolute atomic E-state index is 11.4. The van der Waals surface area contributed by atoms with Crippen molar-refractivity contribution in [3.63, 3.8) is 0 Å². The highest BCUT2D eigenvalue weighted by atomic mass is 16.3. The van der Waals surface area contributed by atoms with Crippen molar-refractivity contribution in [3.8, 4) is 11.1 Å². The summed E-state index contributed by atoms with van der Waals surface area (Å²) in [6.45, 7) is 1.17. The Morgan fingerprint density at radius 3 is 2.36 bits per heavy atom. The Labute approximate surface area is 129 Å². The molecule has 1 unspecified atom stereocenters. The number of ketones is 1. The molecule has 0 bridgehead atoms. The van der Waals surface area contributed by atoms with Crippen LogP contribution in [0.3, 0.4) is 0 Å². The maximum atomic E-state index is 11.4. The van der Waals surface area contributed by atoms with Crippen LogP contribution in [0.25, 0.3) is 11.1 Å². The van der Waals surface area contributed by atoms with Crippen LogP contribution in [-0.2, 0) is 6.42 Å². The summed E-state index contributed by atoms with van der Waals surface area (Å²) in [5, 5.41) is 18.8. The molecule has 5 nitrogen and oxygen atoms in total. The number of aliphatic hydroxyl groups excluding tert-OH is 2. The molecule has 0 fully saturated rings. The number of Topliss-reactive ketones (excluding diaryl/α,β-unsaturated/α-hetero) is 1. The Balaban J connectivity index is 2.50. The van der Waals surface area contributed by atoms with Crippen LogP contribution >= 0.6 is 0 Å². The quantitative estimate of drug-likeness (QED) is 0.495. The van der Waals surface area contributed by atoms with E-state index in [-0.39, 0.29) is 18.8 Å². The third kappa shape index (κ3) is 3.44. The van der Waals surface area contributed by atoms with Crippen LogP contribution in [0.5, 0.6) is 0 Å². The lowest BCUT2D eigenvalue weighted by molar-refractivity contribution is 0.0957. The fraction of sp³-hybridized carbons (Fsp3) is 0.235. The first-order chi connectivity index (χ1) is 10.4. The number of hydrogen-bond acceptors (Lipinski definition) is 5. The minimum absolute atomic E-state index is 0.00503. The van der Waals surface area contributed by atoms with Crippen LogP contribution < -0.4 is 11.5 Å². The number of nitrogens with two attached hydrogens (primary N) is 2. The highest BCUT2D eigenvalue weighted by Crippen LogP contribution is 2.32. The van der Waals surface area contributed by atoms with E-state index in [1.54, 1.807) is 24.3 Å². The van der Waals surface area contributed by atoms with Crippen LogP contribution in [0, 0.1) is 0 Å². The topological polar surface area (TPSA) is 110 Å². The van der Waals surface area contributed by atoms with Crippen molar-refractivity contribution >= 4 is 17.2 Å². The zero-order valence-corrected chi connectivity index (χ0v) is 12.4. The van der Waals surface area contributed by atoms with Crippen LogP contribution in [0.15, 0.2) is 36.4 Å². The van der Waals surface area contributed by atoms with Gasteiger partial charge in [-0.15, -0.1) is 0 Å². The van der Waals surface area contributed by atoms with Crippen LogP contribution in [-0.4, -0.2) is 28.7 Å². The number of hydrogen-bond donors (Lipinski definition) is 4. The number of rotatable bonds is 5. The summed E-state index contributed by atoms with van der Waals surface area (Å²) in [7, 11) is 0. The van der Waals surface area contributed by atoms with Gasteiger partial charge in [-0.25, -0.2) is 0 Å². The van der Waals surface area contributed by atoms with Crippen molar-refractivity contribution in [1.82, 2.24) is 0 Å². The minimum Gasteiger partial charge on any atom is -0.399 e. The summed E-state index contributed by atoms with van der Waals surface area (Å²) < 4.78 is 0. The van der Waals surface area contributed by atoms with Gasteiger partial charge in [0.05, 0.1) is 12.7 Å². The average molecular weight is 300 g/mol. The second kappa shape index (κ2) is 6.60. The largest absolute Gasteiger partial charge is 0.399 e. The summed E-state index contributed by atoms with van der Waals surface area (Å²) in [5.41, 5.74) is 15.9. The molecule has 0 saturated heterocycles. The summed E-state index contributed by atoms with van der Waals surface area (Å²) in [5.74, 6) is -0.00503. The van der Waals surface area contributed by atoms with E-state index < -0.39 is 6.10 Å². The average Bonchev–Trinajstić information content (AvgIpc) is 2.49. The Morgan fingerprint density at radius 2 is 1.82 bits per heavy atom. The molecule has 2 aromatic rings. The lowest BCUT2D eigenvalue weighted by atomic mass is 9.93. The fourth-order valence-electron chi connectivity index (χ4n) is 2.39. The second-order valence-electron chi connectivity index (χ2n) is 5.31. The lowest BCUT2D eigenvalue weighted by Gasteiger charge is -2.16. The summed E-state index contributed by atoms with van der Waals surface area (Å²) in [6.07, 6.45) is -0.659. The van der Waals surface area contributed by atoms with Crippen molar-refractivity contribution in [3.05, 3.63) is 47.5 Å². The number of aliphatic hydroxyl groups is 2. The van der Waals surface area contributed by atoms with Crippen molar-refractivity contribution in [2.45, 2.75) is 19.4 Å². The molecule has 22 heavy (non-hydrogen) atoms. The fourth-order valence-corrected chi connectivity index (χ4v) is 2.39. The summed E-state index contributed by atoms with van der Waals surface area (Å²) in [6, 6.07) is 10.5.